The molecule has 8 heteroatoms. The van der Waals surface area contributed by atoms with Gasteiger partial charge in [-0.1, -0.05) is 58.4 Å². The molecule has 2 bridgehead atoms. The van der Waals surface area contributed by atoms with Gasteiger partial charge in [-0.05, 0) is 23.3 Å². The fourth-order valence-electron chi connectivity index (χ4n) is 5.73. The highest BCUT2D eigenvalue weighted by molar-refractivity contribution is 9.10. The van der Waals surface area contributed by atoms with Gasteiger partial charge >= 0.3 is 5.97 Å². The van der Waals surface area contributed by atoms with E-state index in [-0.39, 0.29) is 17.1 Å². The second-order valence-corrected chi connectivity index (χ2v) is 9.64. The highest BCUT2D eigenvalue weighted by Gasteiger charge is 2.76. The minimum Gasteiger partial charge on any atom is -0.496 e. The predicted octanol–water partition coefficient (Wildman–Crippen LogP) is 3.89. The van der Waals surface area contributed by atoms with E-state index in [0.717, 1.165) is 4.47 Å². The van der Waals surface area contributed by atoms with Crippen LogP contribution in [0.25, 0.3) is 0 Å². The first kappa shape index (κ1) is 23.7. The Morgan fingerprint density at radius 3 is 2.29 bits per heavy atom. The topological polar surface area (TPSA) is 94.5 Å². The molecule has 2 aliphatic rings. The van der Waals surface area contributed by atoms with Crippen molar-refractivity contribution in [3.8, 4) is 17.2 Å². The molecular weight excluding hydrogens is 516 g/mol. The number of aliphatic hydroxyl groups is 2. The Labute approximate surface area is 211 Å². The molecule has 5 rings (SSSR count). The summed E-state index contributed by atoms with van der Waals surface area (Å²) in [5.74, 6) is -1.76. The van der Waals surface area contributed by atoms with E-state index in [1.165, 1.54) is 21.3 Å². The number of benzene rings is 3. The molecule has 35 heavy (non-hydrogen) atoms. The van der Waals surface area contributed by atoms with Crippen molar-refractivity contribution in [1.29, 1.82) is 0 Å². The lowest BCUT2D eigenvalue weighted by atomic mass is 9.75. The summed E-state index contributed by atoms with van der Waals surface area (Å²) >= 11 is 3.46. The van der Waals surface area contributed by atoms with Crippen LogP contribution < -0.4 is 14.2 Å². The van der Waals surface area contributed by atoms with Gasteiger partial charge in [-0.3, -0.25) is 4.79 Å². The van der Waals surface area contributed by atoms with E-state index in [9.17, 15) is 15.0 Å². The summed E-state index contributed by atoms with van der Waals surface area (Å²) in [6.07, 6.45) is -1.54. The molecule has 1 heterocycles. The van der Waals surface area contributed by atoms with E-state index >= 15 is 0 Å². The van der Waals surface area contributed by atoms with Gasteiger partial charge in [-0.25, -0.2) is 0 Å². The number of hydrogen-bond donors (Lipinski definition) is 2. The number of halogens is 1. The van der Waals surface area contributed by atoms with E-state index in [0.29, 0.717) is 16.9 Å². The molecule has 0 aromatic heterocycles. The van der Waals surface area contributed by atoms with Gasteiger partial charge in [0.25, 0.3) is 0 Å². The van der Waals surface area contributed by atoms with Crippen molar-refractivity contribution in [3.05, 3.63) is 87.9 Å². The number of hydrogen-bond acceptors (Lipinski definition) is 7. The molecule has 3 aromatic rings. The van der Waals surface area contributed by atoms with Crippen LogP contribution in [-0.4, -0.2) is 43.6 Å². The molecule has 1 aliphatic heterocycles. The van der Waals surface area contributed by atoms with Crippen LogP contribution >= 0.6 is 15.9 Å². The second kappa shape index (κ2) is 8.55. The lowest BCUT2D eigenvalue weighted by molar-refractivity contribution is -0.172. The Morgan fingerprint density at radius 1 is 1.00 bits per heavy atom. The van der Waals surface area contributed by atoms with Crippen molar-refractivity contribution in [1.82, 2.24) is 0 Å². The molecule has 3 aromatic carbocycles. The van der Waals surface area contributed by atoms with Crippen LogP contribution in [0.3, 0.4) is 0 Å². The number of methoxy groups -OCH3 is 3. The van der Waals surface area contributed by atoms with E-state index < -0.39 is 35.1 Å². The maximum Gasteiger partial charge on any atom is 0.312 e. The van der Waals surface area contributed by atoms with Crippen molar-refractivity contribution >= 4 is 21.9 Å². The van der Waals surface area contributed by atoms with Crippen LogP contribution in [0.2, 0.25) is 0 Å². The van der Waals surface area contributed by atoms with Crippen LogP contribution in [0, 0.1) is 5.92 Å². The summed E-state index contributed by atoms with van der Waals surface area (Å²) in [6.45, 7) is 0. The Kier molecular flexibility index (Phi) is 5.78. The van der Waals surface area contributed by atoms with Crippen molar-refractivity contribution in [2.75, 3.05) is 21.3 Å². The number of carbonyl (C=O) groups excluding carboxylic acids is 1. The number of carbonyl (C=O) groups is 1. The van der Waals surface area contributed by atoms with Gasteiger partial charge in [0.1, 0.15) is 34.9 Å². The summed E-state index contributed by atoms with van der Waals surface area (Å²) in [5, 5.41) is 24.4. The molecule has 0 amide bonds. The average molecular weight is 541 g/mol. The third-order valence-electron chi connectivity index (χ3n) is 7.18. The van der Waals surface area contributed by atoms with Crippen molar-refractivity contribution < 1.29 is 34.0 Å². The largest absolute Gasteiger partial charge is 0.496 e. The minimum absolute atomic E-state index is 0.176. The number of rotatable bonds is 5. The molecule has 0 spiro atoms. The number of fused-ring (bicyclic) bond motifs is 4. The third-order valence-corrected chi connectivity index (χ3v) is 7.70. The minimum atomic E-state index is -2.09. The Morgan fingerprint density at radius 2 is 1.69 bits per heavy atom. The molecular formula is C27H25BrO7. The quantitative estimate of drug-likeness (QED) is 0.474. The molecule has 1 fully saturated rings. The summed E-state index contributed by atoms with van der Waals surface area (Å²) in [6, 6.07) is 19.7. The normalized spacial score (nSPS) is 28.6. The lowest BCUT2D eigenvalue weighted by Crippen LogP contribution is -2.54. The average Bonchev–Trinajstić information content (AvgIpc) is 3.01. The van der Waals surface area contributed by atoms with Gasteiger partial charge in [0.15, 0.2) is 5.60 Å². The smallest absolute Gasteiger partial charge is 0.312 e. The Bertz CT molecular complexity index is 1260. The fourth-order valence-corrected chi connectivity index (χ4v) is 6.00. The van der Waals surface area contributed by atoms with E-state index in [2.05, 4.69) is 15.9 Å². The van der Waals surface area contributed by atoms with Gasteiger partial charge in [-0.15, -0.1) is 0 Å². The summed E-state index contributed by atoms with van der Waals surface area (Å²) in [5.41, 5.74) is -2.14. The van der Waals surface area contributed by atoms with Crippen LogP contribution in [0.4, 0.5) is 0 Å². The lowest BCUT2D eigenvalue weighted by Gasteiger charge is -2.45. The summed E-state index contributed by atoms with van der Waals surface area (Å²) in [4.78, 5) is 13.4. The SMILES string of the molecule is COC(=O)[C@H]1[C@H](c2ccccc2)[C@@]2(c3ccc(Br)cc3)Oc3cc(OC)cc(OC)c3[C@]1(O)[C@H]2O. The van der Waals surface area contributed by atoms with E-state index in [1.54, 1.807) is 12.1 Å². The molecule has 1 aliphatic carbocycles. The zero-order chi connectivity index (χ0) is 25.0. The molecule has 0 radical (unpaired) electrons. The third kappa shape index (κ3) is 3.20. The van der Waals surface area contributed by atoms with Gasteiger partial charge in [0, 0.05) is 22.5 Å². The monoisotopic (exact) mass is 540 g/mol. The molecule has 2 N–H and O–H groups in total. The molecule has 0 saturated heterocycles. The van der Waals surface area contributed by atoms with Crippen LogP contribution in [-0.2, 0) is 20.7 Å². The second-order valence-electron chi connectivity index (χ2n) is 8.72. The zero-order valence-electron chi connectivity index (χ0n) is 19.4. The first-order valence-corrected chi connectivity index (χ1v) is 11.9. The first-order chi connectivity index (χ1) is 16.8. The highest BCUT2D eigenvalue weighted by Crippen LogP contribution is 2.68. The van der Waals surface area contributed by atoms with Crippen molar-refractivity contribution in [2.24, 2.45) is 5.92 Å². The first-order valence-electron chi connectivity index (χ1n) is 11.1. The number of ether oxygens (including phenoxy) is 4. The van der Waals surface area contributed by atoms with Crippen LogP contribution in [0.15, 0.2) is 71.2 Å². The molecule has 5 atom stereocenters. The van der Waals surface area contributed by atoms with Gasteiger partial charge in [-0.2, -0.15) is 0 Å². The number of esters is 1. The molecule has 1 saturated carbocycles. The zero-order valence-corrected chi connectivity index (χ0v) is 21.0. The maximum absolute atomic E-state index is 13.4. The maximum atomic E-state index is 13.4. The number of aliphatic hydroxyl groups excluding tert-OH is 1. The van der Waals surface area contributed by atoms with Crippen molar-refractivity contribution in [3.63, 3.8) is 0 Å². The molecule has 182 valence electrons. The van der Waals surface area contributed by atoms with Gasteiger partial charge < -0.3 is 29.2 Å². The van der Waals surface area contributed by atoms with E-state index in [4.69, 9.17) is 18.9 Å². The van der Waals surface area contributed by atoms with Crippen LogP contribution in [0.1, 0.15) is 22.6 Å². The van der Waals surface area contributed by atoms with Gasteiger partial charge in [0.05, 0.1) is 26.9 Å². The molecule has 0 unspecified atom stereocenters. The molecule has 7 nitrogen and oxygen atoms in total. The standard InChI is InChI=1S/C27H25BrO7/c1-32-18-13-19(33-2)22-20(14-18)35-27(16-9-11-17(28)12-10-16)21(15-7-5-4-6-8-15)23(24(29)34-3)26(22,31)25(27)30/h4-14,21,23,25,30-31H,1-3H3/t21-,23+,25+,26+,27+/m0/s1. The summed E-state index contributed by atoms with van der Waals surface area (Å²) in [7, 11) is 4.22. The van der Waals surface area contributed by atoms with Crippen LogP contribution in [0.5, 0.6) is 17.2 Å². The Balaban J connectivity index is 1.90. The van der Waals surface area contributed by atoms with Crippen molar-refractivity contribution in [2.45, 2.75) is 23.2 Å². The summed E-state index contributed by atoms with van der Waals surface area (Å²) < 4.78 is 23.8. The van der Waals surface area contributed by atoms with Gasteiger partial charge in [0.2, 0.25) is 0 Å². The predicted molar refractivity (Wildman–Crippen MR) is 131 cm³/mol. The fraction of sp³-hybridized carbons (Fsp3) is 0.296. The van der Waals surface area contributed by atoms with E-state index in [1.807, 2.05) is 54.6 Å². The Hall–Kier alpha value is -3.07. The highest BCUT2D eigenvalue weighted by atomic mass is 79.9.